The molecule has 4 rings (SSSR count). The maximum absolute atomic E-state index is 14.2. The Morgan fingerprint density at radius 2 is 2.17 bits per heavy atom. The summed E-state index contributed by atoms with van der Waals surface area (Å²) in [5.41, 5.74) is 2.94. The number of rotatable bonds is 4. The Labute approximate surface area is 166 Å². The number of amides is 1. The molecule has 0 unspecified atom stereocenters. The number of halogens is 1. The first kappa shape index (κ1) is 18.7. The van der Waals surface area contributed by atoms with E-state index in [1.54, 1.807) is 12.1 Å². The highest BCUT2D eigenvalue weighted by atomic mass is 19.1. The van der Waals surface area contributed by atoms with E-state index in [9.17, 15) is 9.18 Å². The summed E-state index contributed by atoms with van der Waals surface area (Å²) in [4.78, 5) is 22.0. The predicted molar refractivity (Wildman–Crippen MR) is 104 cm³/mol. The monoisotopic (exact) mass is 394 g/mol. The van der Waals surface area contributed by atoms with Gasteiger partial charge in [0.25, 0.3) is 0 Å². The number of carboxylic acid groups (broad SMARTS) is 1. The molecule has 9 heteroatoms. The number of anilines is 1. The third-order valence-corrected chi connectivity index (χ3v) is 5.03. The Kier molecular flexibility index (Phi) is 4.99. The lowest BCUT2D eigenvalue weighted by atomic mass is 10.0. The van der Waals surface area contributed by atoms with Gasteiger partial charge in [0.2, 0.25) is 5.95 Å². The Hall–Kier alpha value is -3.67. The van der Waals surface area contributed by atoms with Gasteiger partial charge >= 0.3 is 6.09 Å². The van der Waals surface area contributed by atoms with Gasteiger partial charge in [-0.3, -0.25) is 4.98 Å². The second-order valence-corrected chi connectivity index (χ2v) is 6.94. The third-order valence-electron chi connectivity index (χ3n) is 5.03. The first-order chi connectivity index (χ1) is 14.0. The molecular formula is C20H19FN6O2. The van der Waals surface area contributed by atoms with Gasteiger partial charge in [-0.25, -0.2) is 14.2 Å². The van der Waals surface area contributed by atoms with Gasteiger partial charge in [0.1, 0.15) is 12.2 Å². The average molecular weight is 394 g/mol. The van der Waals surface area contributed by atoms with Gasteiger partial charge in [-0.1, -0.05) is 12.1 Å². The number of benzene rings is 1. The van der Waals surface area contributed by atoms with Crippen LogP contribution in [0.3, 0.4) is 0 Å². The number of nitrogens with zero attached hydrogens (tertiary/aromatic N) is 5. The molecule has 148 valence electrons. The van der Waals surface area contributed by atoms with Crippen LogP contribution in [0.25, 0.3) is 11.0 Å². The predicted octanol–water partition coefficient (Wildman–Crippen LogP) is 2.54. The van der Waals surface area contributed by atoms with Crippen molar-refractivity contribution in [2.24, 2.45) is 0 Å². The van der Waals surface area contributed by atoms with Crippen molar-refractivity contribution in [1.29, 1.82) is 5.26 Å². The van der Waals surface area contributed by atoms with Crippen molar-refractivity contribution >= 4 is 23.1 Å². The first-order valence-electron chi connectivity index (χ1n) is 9.24. The van der Waals surface area contributed by atoms with Crippen LogP contribution in [0.5, 0.6) is 0 Å². The number of para-hydroxylation sites is 2. The molecule has 3 heterocycles. The van der Waals surface area contributed by atoms with Crippen molar-refractivity contribution in [3.63, 3.8) is 0 Å². The minimum Gasteiger partial charge on any atom is -0.465 e. The van der Waals surface area contributed by atoms with Crippen LogP contribution in [0.2, 0.25) is 0 Å². The van der Waals surface area contributed by atoms with Crippen molar-refractivity contribution in [3.05, 3.63) is 53.9 Å². The van der Waals surface area contributed by atoms with Gasteiger partial charge in [-0.2, -0.15) is 5.26 Å². The fourth-order valence-electron chi connectivity index (χ4n) is 3.61. The summed E-state index contributed by atoms with van der Waals surface area (Å²) < 4.78 is 16.2. The van der Waals surface area contributed by atoms with E-state index in [2.05, 4.69) is 10.3 Å². The summed E-state index contributed by atoms with van der Waals surface area (Å²) in [5.74, 6) is 0.640. The number of fused-ring (bicyclic) bond motifs is 1. The van der Waals surface area contributed by atoms with Crippen LogP contribution in [0, 0.1) is 11.3 Å². The van der Waals surface area contributed by atoms with E-state index >= 15 is 0 Å². The number of carbonyl (C=O) groups is 1. The summed E-state index contributed by atoms with van der Waals surface area (Å²) in [6.45, 7) is 1.05. The number of pyridine rings is 1. The average Bonchev–Trinajstić information content (AvgIpc) is 3.08. The molecular weight excluding hydrogens is 375 g/mol. The Bertz CT molecular complexity index is 1070. The molecule has 0 bridgehead atoms. The fraction of sp³-hybridized carbons (Fsp3) is 0.300. The maximum Gasteiger partial charge on any atom is 0.405 e. The molecule has 0 radical (unpaired) electrons. The molecule has 29 heavy (non-hydrogen) atoms. The molecule has 0 aliphatic carbocycles. The van der Waals surface area contributed by atoms with Crippen LogP contribution in [0.15, 0.2) is 42.6 Å². The molecule has 1 amide bonds. The second-order valence-electron chi connectivity index (χ2n) is 6.94. The van der Waals surface area contributed by atoms with E-state index in [0.29, 0.717) is 24.6 Å². The summed E-state index contributed by atoms with van der Waals surface area (Å²) in [6, 6.07) is 12.4. The molecule has 2 atom stereocenters. The van der Waals surface area contributed by atoms with Crippen molar-refractivity contribution in [3.8, 4) is 6.07 Å². The fourth-order valence-corrected chi connectivity index (χ4v) is 3.61. The van der Waals surface area contributed by atoms with Gasteiger partial charge in [-0.05, 0) is 30.7 Å². The molecule has 2 aromatic heterocycles. The molecule has 1 aromatic carbocycles. The van der Waals surface area contributed by atoms with Crippen LogP contribution >= 0.6 is 0 Å². The van der Waals surface area contributed by atoms with Crippen molar-refractivity contribution in [2.75, 3.05) is 18.0 Å². The van der Waals surface area contributed by atoms with E-state index in [1.165, 1.54) is 6.20 Å². The lowest BCUT2D eigenvalue weighted by Gasteiger charge is -2.35. The quantitative estimate of drug-likeness (QED) is 0.704. The zero-order chi connectivity index (χ0) is 20.4. The molecule has 2 N–H and O–H groups in total. The molecule has 1 aliphatic heterocycles. The number of nitrogens with one attached hydrogen (secondary N) is 1. The summed E-state index contributed by atoms with van der Waals surface area (Å²) in [6.07, 6.45) is -0.742. The van der Waals surface area contributed by atoms with E-state index in [0.717, 1.165) is 16.7 Å². The van der Waals surface area contributed by atoms with E-state index < -0.39 is 18.3 Å². The molecule has 1 fully saturated rings. The van der Waals surface area contributed by atoms with Gasteiger partial charge in [0.15, 0.2) is 0 Å². The highest BCUT2D eigenvalue weighted by molar-refractivity contribution is 5.79. The number of imidazole rings is 1. The number of nitriles is 1. The standard InChI is InChI=1S/C20H19FN6O2/c21-15-7-8-26(12-17(15)25-20(28)29)19-24-16-3-1-2-4-18(16)27(19)11-14-6-5-13(9-22)10-23-14/h1-6,10,15,17,25H,7-8,11-12H2,(H,28,29)/t15-,17-/m1/s1. The van der Waals surface area contributed by atoms with Gasteiger partial charge < -0.3 is 19.9 Å². The molecule has 3 aromatic rings. The van der Waals surface area contributed by atoms with Crippen LogP contribution in [0.1, 0.15) is 17.7 Å². The minimum atomic E-state index is -1.24. The summed E-state index contributed by atoms with van der Waals surface area (Å²) in [5, 5.41) is 20.2. The van der Waals surface area contributed by atoms with E-state index in [-0.39, 0.29) is 13.0 Å². The van der Waals surface area contributed by atoms with Crippen molar-refractivity contribution in [1.82, 2.24) is 19.9 Å². The van der Waals surface area contributed by atoms with Crippen LogP contribution < -0.4 is 10.2 Å². The number of aromatic nitrogens is 3. The number of alkyl halides is 1. The number of hydrogen-bond acceptors (Lipinski definition) is 5. The first-order valence-corrected chi connectivity index (χ1v) is 9.24. The largest absolute Gasteiger partial charge is 0.465 e. The zero-order valence-corrected chi connectivity index (χ0v) is 15.5. The number of hydrogen-bond donors (Lipinski definition) is 2. The SMILES string of the molecule is N#Cc1ccc(Cn2c(N3CC[C@@H](F)[C@H](NC(=O)O)C3)nc3ccccc32)nc1. The smallest absolute Gasteiger partial charge is 0.405 e. The highest BCUT2D eigenvalue weighted by Gasteiger charge is 2.32. The third kappa shape index (κ3) is 3.82. The van der Waals surface area contributed by atoms with Crippen molar-refractivity contribution in [2.45, 2.75) is 25.2 Å². The van der Waals surface area contributed by atoms with Crippen LogP contribution in [-0.2, 0) is 6.54 Å². The molecule has 0 saturated carbocycles. The Balaban J connectivity index is 1.69. The molecule has 1 aliphatic rings. The van der Waals surface area contributed by atoms with Gasteiger partial charge in [0.05, 0.1) is 34.9 Å². The molecule has 8 nitrogen and oxygen atoms in total. The lowest BCUT2D eigenvalue weighted by Crippen LogP contribution is -2.54. The molecule has 1 saturated heterocycles. The van der Waals surface area contributed by atoms with Crippen LogP contribution in [0.4, 0.5) is 15.1 Å². The van der Waals surface area contributed by atoms with Gasteiger partial charge in [0, 0.05) is 19.3 Å². The lowest BCUT2D eigenvalue weighted by molar-refractivity contribution is 0.167. The highest BCUT2D eigenvalue weighted by Crippen LogP contribution is 2.27. The van der Waals surface area contributed by atoms with E-state index in [1.807, 2.05) is 39.8 Å². The van der Waals surface area contributed by atoms with Crippen molar-refractivity contribution < 1.29 is 14.3 Å². The Morgan fingerprint density at radius 1 is 1.34 bits per heavy atom. The van der Waals surface area contributed by atoms with Gasteiger partial charge in [-0.15, -0.1) is 0 Å². The molecule has 0 spiro atoms. The zero-order valence-electron chi connectivity index (χ0n) is 15.5. The summed E-state index contributed by atoms with van der Waals surface area (Å²) in [7, 11) is 0. The van der Waals surface area contributed by atoms with Crippen LogP contribution in [-0.4, -0.2) is 51.0 Å². The second kappa shape index (κ2) is 7.75. The van der Waals surface area contributed by atoms with E-state index in [4.69, 9.17) is 15.4 Å². The Morgan fingerprint density at radius 3 is 2.90 bits per heavy atom. The topological polar surface area (TPSA) is 107 Å². The number of piperidine rings is 1. The maximum atomic E-state index is 14.2. The normalized spacial score (nSPS) is 19.1. The summed E-state index contributed by atoms with van der Waals surface area (Å²) >= 11 is 0. The minimum absolute atomic E-state index is 0.192.